The van der Waals surface area contributed by atoms with Gasteiger partial charge in [-0.25, -0.2) is 0 Å². The second-order valence-electron chi connectivity index (χ2n) is 5.62. The first-order valence-corrected chi connectivity index (χ1v) is 7.08. The average Bonchev–Trinajstić information content (AvgIpc) is 2.90. The molecular formula is C15H19N3O3. The highest BCUT2D eigenvalue weighted by Gasteiger charge is 2.33. The van der Waals surface area contributed by atoms with Gasteiger partial charge in [-0.05, 0) is 6.07 Å². The molecule has 112 valence electrons. The van der Waals surface area contributed by atoms with Crippen LogP contribution in [-0.4, -0.2) is 58.5 Å². The Morgan fingerprint density at radius 1 is 1.43 bits per heavy atom. The minimum absolute atomic E-state index is 0.188. The minimum atomic E-state index is -0.866. The van der Waals surface area contributed by atoms with Crippen LogP contribution in [0.1, 0.15) is 23.3 Å². The molecule has 1 aromatic carbocycles. The van der Waals surface area contributed by atoms with Gasteiger partial charge in [0, 0.05) is 45.0 Å². The van der Waals surface area contributed by atoms with Crippen molar-refractivity contribution < 1.29 is 14.6 Å². The van der Waals surface area contributed by atoms with Gasteiger partial charge >= 0.3 is 0 Å². The number of hydrogen-bond donors (Lipinski definition) is 2. The number of likely N-dealkylation sites (N-methyl/N-ethyl adjacent to an activating group) is 1. The number of aromatic amines is 1. The third-order valence-corrected chi connectivity index (χ3v) is 3.97. The van der Waals surface area contributed by atoms with Crippen LogP contribution in [0.3, 0.4) is 0 Å². The maximum atomic E-state index is 12.5. The van der Waals surface area contributed by atoms with Crippen LogP contribution in [0.15, 0.2) is 24.3 Å². The lowest BCUT2D eigenvalue weighted by Crippen LogP contribution is -2.47. The van der Waals surface area contributed by atoms with E-state index in [1.165, 1.54) is 4.90 Å². The zero-order valence-corrected chi connectivity index (χ0v) is 12.0. The van der Waals surface area contributed by atoms with Crippen LogP contribution >= 0.6 is 0 Å². The molecule has 21 heavy (non-hydrogen) atoms. The number of nitrogens with zero attached hydrogens (tertiary/aromatic N) is 2. The summed E-state index contributed by atoms with van der Waals surface area (Å²) in [6.45, 7) is 1.35. The largest absolute Gasteiger partial charge is 0.388 e. The van der Waals surface area contributed by atoms with Crippen molar-refractivity contribution in [3.63, 3.8) is 0 Å². The monoisotopic (exact) mass is 289 g/mol. The van der Waals surface area contributed by atoms with Crippen molar-refractivity contribution in [2.24, 2.45) is 0 Å². The van der Waals surface area contributed by atoms with Crippen molar-refractivity contribution in [1.82, 2.24) is 15.1 Å². The van der Waals surface area contributed by atoms with Gasteiger partial charge in [0.15, 0.2) is 5.69 Å². The number of hydrogen-bond acceptors (Lipinski definition) is 4. The molecule has 1 aliphatic rings. The zero-order chi connectivity index (χ0) is 14.9. The quantitative estimate of drug-likeness (QED) is 0.889. The molecule has 0 spiro atoms. The second kappa shape index (κ2) is 5.46. The highest BCUT2D eigenvalue weighted by atomic mass is 16.5. The fraction of sp³-hybridized carbons (Fsp3) is 0.467. The fourth-order valence-electron chi connectivity index (χ4n) is 2.73. The Bertz CT molecular complexity index is 646. The Labute approximate surface area is 122 Å². The number of aliphatic hydroxyl groups is 1. The Morgan fingerprint density at radius 3 is 2.90 bits per heavy atom. The van der Waals surface area contributed by atoms with Gasteiger partial charge in [0.2, 0.25) is 0 Å². The van der Waals surface area contributed by atoms with E-state index >= 15 is 0 Å². The van der Waals surface area contributed by atoms with Crippen molar-refractivity contribution in [3.05, 3.63) is 30.0 Å². The molecule has 2 N–H and O–H groups in total. The Morgan fingerprint density at radius 2 is 2.14 bits per heavy atom. The summed E-state index contributed by atoms with van der Waals surface area (Å²) in [6, 6.07) is 7.51. The van der Waals surface area contributed by atoms with Crippen LogP contribution in [0, 0.1) is 0 Å². The van der Waals surface area contributed by atoms with E-state index in [1.807, 2.05) is 24.3 Å². The van der Waals surface area contributed by atoms with Crippen LogP contribution in [0.25, 0.3) is 10.9 Å². The predicted molar refractivity (Wildman–Crippen MR) is 78.1 cm³/mol. The van der Waals surface area contributed by atoms with E-state index in [0.29, 0.717) is 31.7 Å². The maximum absolute atomic E-state index is 12.5. The number of carbonyl (C=O) groups excluding carboxylic acids is 1. The van der Waals surface area contributed by atoms with E-state index in [9.17, 15) is 9.90 Å². The lowest BCUT2D eigenvalue weighted by molar-refractivity contribution is -0.0734. The van der Waals surface area contributed by atoms with Crippen molar-refractivity contribution in [3.8, 4) is 0 Å². The SMILES string of the molecule is CN(CC1(O)CCOCC1)C(=O)c1n[nH]c2ccccc12. The van der Waals surface area contributed by atoms with Gasteiger partial charge in [-0.2, -0.15) is 5.10 Å². The predicted octanol–water partition coefficient (Wildman–Crippen LogP) is 1.18. The van der Waals surface area contributed by atoms with Crippen molar-refractivity contribution in [2.75, 3.05) is 26.8 Å². The molecule has 1 aliphatic heterocycles. The summed E-state index contributed by atoms with van der Waals surface area (Å²) < 4.78 is 5.26. The number of carbonyl (C=O) groups is 1. The van der Waals surface area contributed by atoms with Crippen LogP contribution in [0.5, 0.6) is 0 Å². The highest BCUT2D eigenvalue weighted by Crippen LogP contribution is 2.23. The molecule has 3 rings (SSSR count). The second-order valence-corrected chi connectivity index (χ2v) is 5.62. The molecule has 1 fully saturated rings. The minimum Gasteiger partial charge on any atom is -0.388 e. The Hall–Kier alpha value is -1.92. The summed E-state index contributed by atoms with van der Waals surface area (Å²) in [5.74, 6) is -0.188. The number of para-hydroxylation sites is 1. The summed E-state index contributed by atoms with van der Waals surface area (Å²) in [4.78, 5) is 14.1. The Balaban J connectivity index is 1.78. The smallest absolute Gasteiger partial charge is 0.274 e. The number of fused-ring (bicyclic) bond motifs is 1. The molecule has 1 amide bonds. The van der Waals surface area contributed by atoms with Gasteiger partial charge in [0.25, 0.3) is 5.91 Å². The number of nitrogens with one attached hydrogen (secondary N) is 1. The van der Waals surface area contributed by atoms with Crippen LogP contribution in [0.2, 0.25) is 0 Å². The molecule has 6 heteroatoms. The van der Waals surface area contributed by atoms with Crippen molar-refractivity contribution in [1.29, 1.82) is 0 Å². The molecule has 0 bridgehead atoms. The van der Waals surface area contributed by atoms with E-state index in [0.717, 1.165) is 10.9 Å². The molecular weight excluding hydrogens is 270 g/mol. The summed E-state index contributed by atoms with van der Waals surface area (Å²) in [7, 11) is 1.69. The lowest BCUT2D eigenvalue weighted by atomic mass is 9.94. The van der Waals surface area contributed by atoms with E-state index in [-0.39, 0.29) is 12.5 Å². The van der Waals surface area contributed by atoms with Crippen LogP contribution in [0.4, 0.5) is 0 Å². The molecule has 1 saturated heterocycles. The number of ether oxygens (including phenoxy) is 1. The normalized spacial score (nSPS) is 17.8. The molecule has 0 atom stereocenters. The zero-order valence-electron chi connectivity index (χ0n) is 12.0. The molecule has 1 aromatic heterocycles. The number of rotatable bonds is 3. The molecule has 2 aromatic rings. The van der Waals surface area contributed by atoms with Crippen LogP contribution < -0.4 is 0 Å². The van der Waals surface area contributed by atoms with Gasteiger partial charge in [-0.15, -0.1) is 0 Å². The first-order chi connectivity index (χ1) is 10.1. The van der Waals surface area contributed by atoms with Gasteiger partial charge in [-0.1, -0.05) is 18.2 Å². The van der Waals surface area contributed by atoms with Gasteiger partial charge in [-0.3, -0.25) is 9.89 Å². The summed E-state index contributed by atoms with van der Waals surface area (Å²) in [5.41, 5.74) is 0.359. The van der Waals surface area contributed by atoms with E-state index < -0.39 is 5.60 Å². The molecule has 0 aliphatic carbocycles. The Kier molecular flexibility index (Phi) is 3.65. The summed E-state index contributed by atoms with van der Waals surface area (Å²) >= 11 is 0. The molecule has 2 heterocycles. The lowest BCUT2D eigenvalue weighted by Gasteiger charge is -2.35. The number of benzene rings is 1. The first kappa shape index (κ1) is 14.0. The fourth-order valence-corrected chi connectivity index (χ4v) is 2.73. The molecule has 0 saturated carbocycles. The van der Waals surface area contributed by atoms with Crippen molar-refractivity contribution >= 4 is 16.8 Å². The third-order valence-electron chi connectivity index (χ3n) is 3.97. The molecule has 0 unspecified atom stereocenters. The maximum Gasteiger partial charge on any atom is 0.274 e. The standard InChI is InChI=1S/C15H19N3O3/c1-18(10-15(20)6-8-21-9-7-15)14(19)13-11-4-2-3-5-12(11)16-17-13/h2-5,20H,6-10H2,1H3,(H,16,17). The van der Waals surface area contributed by atoms with Crippen molar-refractivity contribution in [2.45, 2.75) is 18.4 Å². The highest BCUT2D eigenvalue weighted by molar-refractivity contribution is 6.04. The summed E-state index contributed by atoms with van der Waals surface area (Å²) in [6.07, 6.45) is 1.10. The van der Waals surface area contributed by atoms with E-state index in [1.54, 1.807) is 7.05 Å². The van der Waals surface area contributed by atoms with Gasteiger partial charge in [0.1, 0.15) is 0 Å². The number of amides is 1. The topological polar surface area (TPSA) is 78.5 Å². The van der Waals surface area contributed by atoms with Crippen LogP contribution in [-0.2, 0) is 4.74 Å². The number of H-pyrrole nitrogens is 1. The molecule has 0 radical (unpaired) electrons. The van der Waals surface area contributed by atoms with E-state index in [2.05, 4.69) is 10.2 Å². The van der Waals surface area contributed by atoms with Gasteiger partial charge < -0.3 is 14.7 Å². The van der Waals surface area contributed by atoms with E-state index in [4.69, 9.17) is 4.74 Å². The molecule has 6 nitrogen and oxygen atoms in total. The third kappa shape index (κ3) is 2.77. The first-order valence-electron chi connectivity index (χ1n) is 7.08. The van der Waals surface area contributed by atoms with Gasteiger partial charge in [0.05, 0.1) is 11.1 Å². The average molecular weight is 289 g/mol. The summed E-state index contributed by atoms with van der Waals surface area (Å²) in [5, 5.41) is 18.3. The number of aromatic nitrogens is 2.